The zero-order valence-corrected chi connectivity index (χ0v) is 17.5. The number of piperidine rings is 1. The summed E-state index contributed by atoms with van der Waals surface area (Å²) in [4.78, 5) is 23.8. The summed E-state index contributed by atoms with van der Waals surface area (Å²) in [6.07, 6.45) is 0.819. The second kappa shape index (κ2) is 8.25. The molecule has 0 aromatic heterocycles. The van der Waals surface area contributed by atoms with Crippen LogP contribution in [-0.2, 0) is 19.6 Å². The molecule has 0 bridgehead atoms. The maximum atomic E-state index is 13.1. The molecule has 0 aliphatic carbocycles. The van der Waals surface area contributed by atoms with E-state index in [9.17, 15) is 18.0 Å². The van der Waals surface area contributed by atoms with Crippen molar-refractivity contribution in [1.29, 1.82) is 0 Å². The summed E-state index contributed by atoms with van der Waals surface area (Å²) < 4.78 is 32.9. The van der Waals surface area contributed by atoms with Gasteiger partial charge in [-0.15, -0.1) is 0 Å². The molecule has 0 saturated carbocycles. The third-order valence-electron chi connectivity index (χ3n) is 5.15. The van der Waals surface area contributed by atoms with Crippen LogP contribution in [0.15, 0.2) is 47.4 Å². The number of carbonyl (C=O) groups excluding carboxylic acids is 2. The van der Waals surface area contributed by atoms with Crippen LogP contribution in [0.4, 0.5) is 11.4 Å². The predicted molar refractivity (Wildman–Crippen MR) is 112 cm³/mol. The number of fused-ring (bicyclic) bond motifs is 1. The molecule has 0 unspecified atom stereocenters. The number of rotatable bonds is 4. The molecule has 0 atom stereocenters. The second-order valence-electron chi connectivity index (χ2n) is 7.15. The molecule has 2 aliphatic heterocycles. The van der Waals surface area contributed by atoms with Gasteiger partial charge in [-0.1, -0.05) is 29.8 Å². The van der Waals surface area contributed by atoms with Crippen molar-refractivity contribution in [3.05, 3.63) is 47.5 Å². The first-order chi connectivity index (χ1) is 14.3. The lowest BCUT2D eigenvalue weighted by Crippen LogP contribution is -2.41. The van der Waals surface area contributed by atoms with Crippen molar-refractivity contribution in [3.63, 3.8) is 0 Å². The van der Waals surface area contributed by atoms with Crippen LogP contribution in [0.25, 0.3) is 0 Å². The lowest BCUT2D eigenvalue weighted by atomic mass is 9.97. The molecule has 0 radical (unpaired) electrons. The van der Waals surface area contributed by atoms with Crippen LogP contribution >= 0.6 is 11.6 Å². The number of nitrogens with zero attached hydrogens (tertiary/aromatic N) is 1. The van der Waals surface area contributed by atoms with Gasteiger partial charge in [-0.2, -0.15) is 4.31 Å². The van der Waals surface area contributed by atoms with Crippen molar-refractivity contribution >= 4 is 44.8 Å². The van der Waals surface area contributed by atoms with E-state index in [2.05, 4.69) is 10.6 Å². The smallest absolute Gasteiger partial charge is 0.262 e. The molecule has 1 fully saturated rings. The van der Waals surface area contributed by atoms with Gasteiger partial charge in [-0.05, 0) is 31.0 Å². The Balaban J connectivity index is 1.45. The highest BCUT2D eigenvalue weighted by Crippen LogP contribution is 2.37. The lowest BCUT2D eigenvalue weighted by Gasteiger charge is -2.31. The molecule has 2 N–H and O–H groups in total. The molecule has 0 spiro atoms. The maximum Gasteiger partial charge on any atom is 0.262 e. The molecular formula is C20H20ClN3O5S. The number of ether oxygens (including phenoxy) is 1. The number of sulfonamides is 1. The minimum absolute atomic E-state index is 0.00324. The van der Waals surface area contributed by atoms with Gasteiger partial charge in [0.05, 0.1) is 10.7 Å². The quantitative estimate of drug-likeness (QED) is 0.746. The van der Waals surface area contributed by atoms with E-state index in [-0.39, 0.29) is 53.1 Å². The number of amides is 2. The Hall–Kier alpha value is -2.62. The zero-order valence-electron chi connectivity index (χ0n) is 15.9. The van der Waals surface area contributed by atoms with Crippen molar-refractivity contribution in [2.45, 2.75) is 17.7 Å². The topological polar surface area (TPSA) is 105 Å². The molecule has 158 valence electrons. The summed E-state index contributed by atoms with van der Waals surface area (Å²) >= 11 is 6.21. The number of anilines is 2. The van der Waals surface area contributed by atoms with Gasteiger partial charge < -0.3 is 15.4 Å². The number of halogens is 1. The Morgan fingerprint density at radius 2 is 1.87 bits per heavy atom. The summed E-state index contributed by atoms with van der Waals surface area (Å²) in [5.41, 5.74) is 1.05. The summed E-state index contributed by atoms with van der Waals surface area (Å²) in [6.45, 7) is 0.233. The van der Waals surface area contributed by atoms with Crippen molar-refractivity contribution in [2.24, 2.45) is 5.92 Å². The summed E-state index contributed by atoms with van der Waals surface area (Å²) in [5, 5.41) is 5.46. The number of nitrogens with one attached hydrogen (secondary N) is 2. The van der Waals surface area contributed by atoms with Crippen molar-refractivity contribution in [3.8, 4) is 5.75 Å². The Labute approximate surface area is 179 Å². The van der Waals surface area contributed by atoms with Crippen LogP contribution in [0.1, 0.15) is 12.8 Å². The van der Waals surface area contributed by atoms with E-state index in [1.54, 1.807) is 12.1 Å². The minimum atomic E-state index is -3.87. The standard InChI is InChI=1S/C20H20ClN3O5S/c21-15-10-16-17(29-12-19(25)23-16)11-18(15)30(27,28)24-8-6-13(7-9-24)20(26)22-14-4-2-1-3-5-14/h1-5,10-11,13H,6-9,12H2,(H,22,26)(H,23,25). The molecular weight excluding hydrogens is 430 g/mol. The van der Waals surface area contributed by atoms with Crippen molar-refractivity contribution in [2.75, 3.05) is 30.3 Å². The van der Waals surface area contributed by atoms with E-state index in [1.165, 1.54) is 16.4 Å². The largest absolute Gasteiger partial charge is 0.482 e. The van der Waals surface area contributed by atoms with Gasteiger partial charge in [0, 0.05) is 30.8 Å². The monoisotopic (exact) mass is 449 g/mol. The van der Waals surface area contributed by atoms with Crippen LogP contribution in [0, 0.1) is 5.92 Å². The average molecular weight is 450 g/mol. The summed E-state index contributed by atoms with van der Waals surface area (Å²) in [7, 11) is -3.87. The molecule has 30 heavy (non-hydrogen) atoms. The highest BCUT2D eigenvalue weighted by atomic mass is 35.5. The lowest BCUT2D eigenvalue weighted by molar-refractivity contribution is -0.121. The highest BCUT2D eigenvalue weighted by Gasteiger charge is 2.34. The fourth-order valence-electron chi connectivity index (χ4n) is 3.54. The molecule has 2 aliphatic rings. The van der Waals surface area contributed by atoms with Crippen molar-refractivity contribution in [1.82, 2.24) is 4.31 Å². The third kappa shape index (κ3) is 4.14. The van der Waals surface area contributed by atoms with E-state index in [4.69, 9.17) is 16.3 Å². The fraction of sp³-hybridized carbons (Fsp3) is 0.300. The zero-order chi connectivity index (χ0) is 21.3. The normalized spacial score (nSPS) is 17.6. The van der Waals surface area contributed by atoms with E-state index in [0.717, 1.165) is 0 Å². The van der Waals surface area contributed by atoms with Gasteiger partial charge >= 0.3 is 0 Å². The molecule has 8 nitrogen and oxygen atoms in total. The van der Waals surface area contributed by atoms with E-state index in [1.807, 2.05) is 18.2 Å². The van der Waals surface area contributed by atoms with Crippen LogP contribution in [0.3, 0.4) is 0 Å². The molecule has 2 amide bonds. The number of hydrogen-bond donors (Lipinski definition) is 2. The van der Waals surface area contributed by atoms with Gasteiger partial charge in [0.1, 0.15) is 10.6 Å². The Morgan fingerprint density at radius 1 is 1.17 bits per heavy atom. The number of para-hydroxylation sites is 1. The minimum Gasteiger partial charge on any atom is -0.482 e. The van der Waals surface area contributed by atoms with E-state index in [0.29, 0.717) is 24.2 Å². The van der Waals surface area contributed by atoms with Gasteiger partial charge in [0.15, 0.2) is 6.61 Å². The Bertz CT molecular complexity index is 1080. The van der Waals surface area contributed by atoms with Gasteiger partial charge in [0.25, 0.3) is 5.91 Å². The number of benzene rings is 2. The number of hydrogen-bond acceptors (Lipinski definition) is 5. The second-order valence-corrected chi connectivity index (χ2v) is 9.46. The van der Waals surface area contributed by atoms with E-state index < -0.39 is 10.0 Å². The van der Waals surface area contributed by atoms with E-state index >= 15 is 0 Å². The van der Waals surface area contributed by atoms with Crippen LogP contribution in [-0.4, -0.2) is 44.2 Å². The van der Waals surface area contributed by atoms with Crippen LogP contribution in [0.2, 0.25) is 5.02 Å². The molecule has 10 heteroatoms. The molecule has 2 heterocycles. The highest BCUT2D eigenvalue weighted by molar-refractivity contribution is 7.89. The Kier molecular flexibility index (Phi) is 5.68. The first-order valence-corrected chi connectivity index (χ1v) is 11.3. The van der Waals surface area contributed by atoms with Gasteiger partial charge in [-0.3, -0.25) is 9.59 Å². The number of carbonyl (C=O) groups is 2. The first-order valence-electron chi connectivity index (χ1n) is 9.47. The predicted octanol–water partition coefficient (Wildman–Crippen LogP) is 2.71. The molecule has 2 aromatic carbocycles. The third-order valence-corrected chi connectivity index (χ3v) is 7.51. The molecule has 4 rings (SSSR count). The van der Waals surface area contributed by atoms with Gasteiger partial charge in [0.2, 0.25) is 15.9 Å². The van der Waals surface area contributed by atoms with Crippen LogP contribution < -0.4 is 15.4 Å². The van der Waals surface area contributed by atoms with Crippen molar-refractivity contribution < 1.29 is 22.7 Å². The molecule has 1 saturated heterocycles. The SMILES string of the molecule is O=C1COc2cc(S(=O)(=O)N3CCC(C(=O)Nc4ccccc4)CC3)c(Cl)cc2N1. The summed E-state index contributed by atoms with van der Waals surface area (Å²) in [6, 6.07) is 11.9. The van der Waals surface area contributed by atoms with Gasteiger partial charge in [-0.25, -0.2) is 8.42 Å². The maximum absolute atomic E-state index is 13.1. The van der Waals surface area contributed by atoms with Crippen LogP contribution in [0.5, 0.6) is 5.75 Å². The fourth-order valence-corrected chi connectivity index (χ4v) is 5.53. The Morgan fingerprint density at radius 3 is 2.57 bits per heavy atom. The average Bonchev–Trinajstić information content (AvgIpc) is 2.74. The molecule has 2 aromatic rings. The summed E-state index contributed by atoms with van der Waals surface area (Å²) in [5.74, 6) is -0.455. The first kappa shape index (κ1) is 20.6.